The van der Waals surface area contributed by atoms with Crippen molar-refractivity contribution in [2.45, 2.75) is 44.3 Å². The maximum absolute atomic E-state index is 11.1. The number of aromatic nitrogens is 1. The minimum atomic E-state index is -0.646. The Labute approximate surface area is 154 Å². The van der Waals surface area contributed by atoms with E-state index in [4.69, 9.17) is 9.84 Å². The van der Waals surface area contributed by atoms with Crippen LogP contribution in [0.15, 0.2) is 36.5 Å². The average molecular weight is 354 g/mol. The van der Waals surface area contributed by atoms with Gasteiger partial charge in [-0.2, -0.15) is 0 Å². The van der Waals surface area contributed by atoms with Crippen molar-refractivity contribution >= 4 is 16.9 Å². The zero-order valence-electron chi connectivity index (χ0n) is 15.0. The Morgan fingerprint density at radius 1 is 1.15 bits per heavy atom. The van der Waals surface area contributed by atoms with Crippen molar-refractivity contribution in [3.63, 3.8) is 0 Å². The minimum absolute atomic E-state index is 0.161. The van der Waals surface area contributed by atoms with Crippen LogP contribution < -0.4 is 0 Å². The van der Waals surface area contributed by atoms with Crippen LogP contribution in [0.5, 0.6) is 0 Å². The monoisotopic (exact) mass is 354 g/mol. The second-order valence-electron chi connectivity index (χ2n) is 7.61. The molecule has 138 valence electrons. The molecule has 2 aliphatic heterocycles. The molecule has 1 aromatic carbocycles. The highest BCUT2D eigenvalue weighted by molar-refractivity contribution is 5.78. The predicted octanol–water partition coefficient (Wildman–Crippen LogP) is 3.12. The number of likely N-dealkylation sites (tertiary alicyclic amines) is 1. The number of aliphatic carboxylic acids is 1. The van der Waals surface area contributed by atoms with Crippen LogP contribution >= 0.6 is 0 Å². The number of pyridine rings is 1. The van der Waals surface area contributed by atoms with Crippen LogP contribution in [0, 0.1) is 5.92 Å². The highest BCUT2D eigenvalue weighted by Crippen LogP contribution is 2.26. The van der Waals surface area contributed by atoms with E-state index in [1.165, 1.54) is 10.9 Å². The molecule has 3 heterocycles. The summed E-state index contributed by atoms with van der Waals surface area (Å²) in [4.78, 5) is 17.8. The zero-order valence-corrected chi connectivity index (χ0v) is 15.0. The van der Waals surface area contributed by atoms with E-state index in [1.54, 1.807) is 0 Å². The summed E-state index contributed by atoms with van der Waals surface area (Å²) in [5, 5.41) is 10.3. The lowest BCUT2D eigenvalue weighted by Gasteiger charge is -2.31. The SMILES string of the molecule is O=C(O)C1CCN(C[C@H]2CC[C@@H](Cc3ccc4ncccc4c3)O2)CC1. The molecule has 2 saturated heterocycles. The average Bonchev–Trinajstić information content (AvgIpc) is 3.09. The first-order valence-corrected chi connectivity index (χ1v) is 9.61. The summed E-state index contributed by atoms with van der Waals surface area (Å²) in [5.41, 5.74) is 2.34. The summed E-state index contributed by atoms with van der Waals surface area (Å²) in [5.74, 6) is -0.807. The summed E-state index contributed by atoms with van der Waals surface area (Å²) < 4.78 is 6.28. The number of piperidine rings is 1. The van der Waals surface area contributed by atoms with Gasteiger partial charge in [-0.1, -0.05) is 12.1 Å². The molecule has 4 rings (SSSR count). The van der Waals surface area contributed by atoms with Crippen molar-refractivity contribution in [1.29, 1.82) is 0 Å². The zero-order chi connectivity index (χ0) is 17.9. The van der Waals surface area contributed by atoms with Crippen molar-refractivity contribution in [3.05, 3.63) is 42.1 Å². The fourth-order valence-electron chi connectivity index (χ4n) is 4.23. The maximum Gasteiger partial charge on any atom is 0.306 e. The molecule has 0 unspecified atom stereocenters. The van der Waals surface area contributed by atoms with Crippen LogP contribution in [-0.2, 0) is 16.0 Å². The van der Waals surface area contributed by atoms with Gasteiger partial charge in [0.2, 0.25) is 0 Å². The van der Waals surface area contributed by atoms with Crippen molar-refractivity contribution < 1.29 is 14.6 Å². The normalized spacial score (nSPS) is 24.9. The quantitative estimate of drug-likeness (QED) is 0.894. The van der Waals surface area contributed by atoms with Crippen LogP contribution in [0.2, 0.25) is 0 Å². The Hall–Kier alpha value is -1.98. The van der Waals surface area contributed by atoms with Gasteiger partial charge in [0.15, 0.2) is 0 Å². The Bertz CT molecular complexity index is 771. The Morgan fingerprint density at radius 3 is 2.77 bits per heavy atom. The molecule has 2 aliphatic rings. The highest BCUT2D eigenvalue weighted by atomic mass is 16.5. The van der Waals surface area contributed by atoms with Gasteiger partial charge in [-0.25, -0.2) is 0 Å². The van der Waals surface area contributed by atoms with Crippen LogP contribution in [0.25, 0.3) is 10.9 Å². The highest BCUT2D eigenvalue weighted by Gasteiger charge is 2.30. The number of carboxylic acids is 1. The van der Waals surface area contributed by atoms with Gasteiger partial charge in [0.1, 0.15) is 0 Å². The van der Waals surface area contributed by atoms with Crippen molar-refractivity contribution in [3.8, 4) is 0 Å². The molecule has 0 saturated carbocycles. The maximum atomic E-state index is 11.1. The molecule has 0 radical (unpaired) electrons. The number of hydrogen-bond donors (Lipinski definition) is 1. The van der Waals surface area contributed by atoms with Gasteiger partial charge in [-0.3, -0.25) is 9.78 Å². The molecule has 2 fully saturated rings. The van der Waals surface area contributed by atoms with Gasteiger partial charge < -0.3 is 14.7 Å². The molecule has 26 heavy (non-hydrogen) atoms. The van der Waals surface area contributed by atoms with E-state index in [2.05, 4.69) is 34.1 Å². The van der Waals surface area contributed by atoms with Crippen LogP contribution in [0.3, 0.4) is 0 Å². The van der Waals surface area contributed by atoms with Crippen molar-refractivity contribution in [2.24, 2.45) is 5.92 Å². The van der Waals surface area contributed by atoms with Gasteiger partial charge in [-0.05, 0) is 69.0 Å². The lowest BCUT2D eigenvalue weighted by molar-refractivity contribution is -0.143. The largest absolute Gasteiger partial charge is 0.481 e. The molecular formula is C21H26N2O3. The van der Waals surface area contributed by atoms with Gasteiger partial charge in [-0.15, -0.1) is 0 Å². The minimum Gasteiger partial charge on any atom is -0.481 e. The number of benzene rings is 1. The Morgan fingerprint density at radius 2 is 1.96 bits per heavy atom. The lowest BCUT2D eigenvalue weighted by Crippen LogP contribution is -2.40. The molecule has 2 aromatic rings. The van der Waals surface area contributed by atoms with Crippen LogP contribution in [0.4, 0.5) is 0 Å². The smallest absolute Gasteiger partial charge is 0.306 e. The fourth-order valence-corrected chi connectivity index (χ4v) is 4.23. The van der Waals surface area contributed by atoms with Crippen LogP contribution in [0.1, 0.15) is 31.2 Å². The number of nitrogens with zero attached hydrogens (tertiary/aromatic N) is 2. The standard InChI is InChI=1S/C21H26N2O3/c24-21(25)16-7-10-23(11-8-16)14-19-5-4-18(26-19)13-15-3-6-20-17(12-15)2-1-9-22-20/h1-3,6,9,12,16,18-19H,4-5,7-8,10-11,13-14H2,(H,24,25)/t18-,19+/m0/s1. The number of carbonyl (C=O) groups is 1. The van der Waals surface area contributed by atoms with E-state index in [0.29, 0.717) is 0 Å². The second-order valence-corrected chi connectivity index (χ2v) is 7.61. The van der Waals surface area contributed by atoms with Crippen molar-refractivity contribution in [2.75, 3.05) is 19.6 Å². The summed E-state index contributed by atoms with van der Waals surface area (Å²) >= 11 is 0. The molecule has 5 nitrogen and oxygen atoms in total. The topological polar surface area (TPSA) is 62.7 Å². The Balaban J connectivity index is 1.27. The number of carboxylic acid groups (broad SMARTS) is 1. The molecule has 1 N–H and O–H groups in total. The first kappa shape index (κ1) is 17.4. The van der Waals surface area contributed by atoms with Gasteiger partial charge >= 0.3 is 5.97 Å². The molecule has 0 amide bonds. The summed E-state index contributed by atoms with van der Waals surface area (Å²) in [6.07, 6.45) is 7.05. The molecule has 5 heteroatoms. The number of hydrogen-bond acceptors (Lipinski definition) is 4. The second kappa shape index (κ2) is 7.72. The van der Waals surface area contributed by atoms with E-state index in [9.17, 15) is 4.79 Å². The van der Waals surface area contributed by atoms with Gasteiger partial charge in [0.05, 0.1) is 23.6 Å². The summed E-state index contributed by atoms with van der Waals surface area (Å²) in [7, 11) is 0. The molecule has 2 atom stereocenters. The van der Waals surface area contributed by atoms with Crippen molar-refractivity contribution in [1.82, 2.24) is 9.88 Å². The molecule has 1 aromatic heterocycles. The first-order valence-electron chi connectivity index (χ1n) is 9.61. The summed E-state index contributed by atoms with van der Waals surface area (Å²) in [6.45, 7) is 2.68. The van der Waals surface area contributed by atoms with Gasteiger partial charge in [0, 0.05) is 18.1 Å². The van der Waals surface area contributed by atoms with E-state index in [1.807, 2.05) is 12.3 Å². The van der Waals surface area contributed by atoms with E-state index < -0.39 is 5.97 Å². The Kier molecular flexibility index (Phi) is 5.18. The predicted molar refractivity (Wildman–Crippen MR) is 100 cm³/mol. The third-order valence-corrected chi connectivity index (χ3v) is 5.72. The lowest BCUT2D eigenvalue weighted by atomic mass is 9.97. The number of rotatable bonds is 5. The third kappa shape index (κ3) is 4.05. The molecule has 0 spiro atoms. The number of fused-ring (bicyclic) bond motifs is 1. The van der Waals surface area contributed by atoms with E-state index >= 15 is 0 Å². The van der Waals surface area contributed by atoms with Crippen LogP contribution in [-0.4, -0.2) is 52.8 Å². The molecule has 0 aliphatic carbocycles. The first-order chi connectivity index (χ1) is 12.7. The number of ether oxygens (including phenoxy) is 1. The van der Waals surface area contributed by atoms with Gasteiger partial charge in [0.25, 0.3) is 0 Å². The third-order valence-electron chi connectivity index (χ3n) is 5.72. The fraction of sp³-hybridized carbons (Fsp3) is 0.524. The summed E-state index contributed by atoms with van der Waals surface area (Å²) in [6, 6.07) is 10.5. The molecule has 0 bridgehead atoms. The van der Waals surface area contributed by atoms with E-state index in [0.717, 1.165) is 57.3 Å². The van der Waals surface area contributed by atoms with E-state index in [-0.39, 0.29) is 18.1 Å². The molecular weight excluding hydrogens is 328 g/mol.